The molecule has 0 amide bonds. The Balaban J connectivity index is 1.87. The Hall–Kier alpha value is -2.86. The molecule has 1 aliphatic heterocycles. The van der Waals surface area contributed by atoms with Crippen molar-refractivity contribution in [2.24, 2.45) is 4.99 Å². The fourth-order valence-electron chi connectivity index (χ4n) is 2.82. The summed E-state index contributed by atoms with van der Waals surface area (Å²) in [6.07, 6.45) is 1.75. The first-order valence-electron chi connectivity index (χ1n) is 7.98. The lowest BCUT2D eigenvalue weighted by atomic mass is 10.1. The number of hydrogen-bond donors (Lipinski definition) is 2. The Morgan fingerprint density at radius 2 is 1.80 bits per heavy atom. The van der Waals surface area contributed by atoms with Gasteiger partial charge >= 0.3 is 0 Å². The van der Waals surface area contributed by atoms with E-state index in [0.29, 0.717) is 18.1 Å². The van der Waals surface area contributed by atoms with E-state index in [0.717, 1.165) is 32.7 Å². The lowest BCUT2D eigenvalue weighted by molar-refractivity contribution is 0.745. The molecule has 0 atom stereocenters. The molecule has 6 heteroatoms. The van der Waals surface area contributed by atoms with Crippen molar-refractivity contribution in [1.82, 2.24) is 9.99 Å². The van der Waals surface area contributed by atoms with Gasteiger partial charge in [-0.2, -0.15) is 0 Å². The number of nitrogens with zero attached hydrogens (tertiary/aromatic N) is 3. The van der Waals surface area contributed by atoms with Gasteiger partial charge in [0, 0.05) is 10.8 Å². The Bertz CT molecular complexity index is 957. The number of thioether (sulfide) groups is 1. The molecule has 0 saturated carbocycles. The highest BCUT2D eigenvalue weighted by molar-refractivity contribution is 8.15. The second-order valence-corrected chi connectivity index (χ2v) is 6.56. The molecule has 5 nitrogen and oxygen atoms in total. The van der Waals surface area contributed by atoms with E-state index in [-0.39, 0.29) is 0 Å². The highest BCUT2D eigenvalue weighted by Crippen LogP contribution is 2.32. The fourth-order valence-corrected chi connectivity index (χ4v) is 3.67. The van der Waals surface area contributed by atoms with Crippen molar-refractivity contribution in [2.75, 3.05) is 17.7 Å². The summed E-state index contributed by atoms with van der Waals surface area (Å²) in [5, 5.41) is 12.8. The minimum Gasteiger partial charge on any atom is -0.289 e. The fraction of sp³-hybridized carbons (Fsp3) is 0.105. The third-order valence-electron chi connectivity index (χ3n) is 3.97. The molecule has 1 fully saturated rings. The number of anilines is 1. The number of hydrazine groups is 1. The van der Waals surface area contributed by atoms with Crippen LogP contribution in [0.3, 0.4) is 0 Å². The van der Waals surface area contributed by atoms with E-state index in [4.69, 9.17) is 10.4 Å². The molecule has 3 aromatic rings. The molecule has 0 bridgehead atoms. The van der Waals surface area contributed by atoms with Gasteiger partial charge in [-0.3, -0.25) is 15.8 Å². The molecular weight excluding hydrogens is 330 g/mol. The average Bonchev–Trinajstić information content (AvgIpc) is 2.99. The van der Waals surface area contributed by atoms with Gasteiger partial charge in [-0.25, -0.2) is 9.99 Å². The highest BCUT2D eigenvalue weighted by Gasteiger charge is 2.26. The number of nitrogens with one attached hydrogen (secondary N) is 2. The standard InChI is InChI=1S/C19H17N5S/c1-2-11-21-19-24(17(20)12-25-19)23-18-13-7-3-5-9-15(13)22-16-10-6-4-8-14(16)18/h2-10,20H,1,11-12H2,(H,22,23). The quantitative estimate of drug-likeness (QED) is 0.546. The van der Waals surface area contributed by atoms with Crippen molar-refractivity contribution in [3.8, 4) is 0 Å². The number of pyridine rings is 1. The molecule has 0 radical (unpaired) electrons. The SMILES string of the molecule is C=CCN=C1SCC(=N)N1Nc1c2ccccc2nc2ccccc12. The molecule has 2 N–H and O–H groups in total. The molecule has 1 aliphatic rings. The van der Waals surface area contributed by atoms with Crippen molar-refractivity contribution in [2.45, 2.75) is 0 Å². The van der Waals surface area contributed by atoms with Crippen LogP contribution in [0.4, 0.5) is 5.69 Å². The van der Waals surface area contributed by atoms with Crippen LogP contribution >= 0.6 is 11.8 Å². The molecule has 2 aromatic carbocycles. The van der Waals surface area contributed by atoms with Crippen LogP contribution < -0.4 is 5.43 Å². The molecule has 2 heterocycles. The first-order chi connectivity index (χ1) is 12.3. The summed E-state index contributed by atoms with van der Waals surface area (Å²) in [6, 6.07) is 16.1. The van der Waals surface area contributed by atoms with E-state index in [2.05, 4.69) is 17.0 Å². The molecule has 0 spiro atoms. The number of rotatable bonds is 4. The van der Waals surface area contributed by atoms with Gasteiger partial charge in [-0.1, -0.05) is 54.2 Å². The lowest BCUT2D eigenvalue weighted by Gasteiger charge is -2.22. The van der Waals surface area contributed by atoms with E-state index in [1.54, 1.807) is 22.8 Å². The minimum absolute atomic E-state index is 0.484. The molecule has 0 unspecified atom stereocenters. The Morgan fingerprint density at radius 1 is 1.16 bits per heavy atom. The minimum atomic E-state index is 0.484. The molecule has 124 valence electrons. The van der Waals surface area contributed by atoms with Crippen molar-refractivity contribution in [3.05, 3.63) is 61.2 Å². The van der Waals surface area contributed by atoms with Gasteiger partial charge in [0.2, 0.25) is 0 Å². The van der Waals surface area contributed by atoms with Crippen LogP contribution in [0.5, 0.6) is 0 Å². The van der Waals surface area contributed by atoms with Gasteiger partial charge in [0.25, 0.3) is 0 Å². The van der Waals surface area contributed by atoms with Gasteiger partial charge in [0.15, 0.2) is 5.17 Å². The van der Waals surface area contributed by atoms with E-state index >= 15 is 0 Å². The number of hydrogen-bond acceptors (Lipinski definition) is 5. The first-order valence-corrected chi connectivity index (χ1v) is 8.96. The van der Waals surface area contributed by atoms with Crippen LogP contribution in [0.2, 0.25) is 0 Å². The highest BCUT2D eigenvalue weighted by atomic mass is 32.2. The maximum atomic E-state index is 8.26. The van der Waals surface area contributed by atoms with E-state index in [1.807, 2.05) is 48.5 Å². The predicted octanol–water partition coefficient (Wildman–Crippen LogP) is 4.28. The van der Waals surface area contributed by atoms with E-state index in [1.165, 1.54) is 0 Å². The second-order valence-electron chi connectivity index (χ2n) is 5.62. The summed E-state index contributed by atoms with van der Waals surface area (Å²) in [5.74, 6) is 1.09. The number of aliphatic imine (C=N–C) groups is 1. The summed E-state index contributed by atoms with van der Waals surface area (Å²) in [5.41, 5.74) is 6.21. The Labute approximate surface area is 149 Å². The number of aromatic nitrogens is 1. The zero-order valence-electron chi connectivity index (χ0n) is 13.6. The molecule has 4 rings (SSSR count). The second kappa shape index (κ2) is 6.57. The Kier molecular flexibility index (Phi) is 4.11. The van der Waals surface area contributed by atoms with E-state index < -0.39 is 0 Å². The van der Waals surface area contributed by atoms with Crippen LogP contribution in [0.15, 0.2) is 66.2 Å². The largest absolute Gasteiger partial charge is 0.289 e. The normalized spacial score (nSPS) is 16.1. The van der Waals surface area contributed by atoms with Crippen LogP contribution in [0.1, 0.15) is 0 Å². The van der Waals surface area contributed by atoms with Crippen molar-refractivity contribution in [1.29, 1.82) is 5.41 Å². The monoisotopic (exact) mass is 347 g/mol. The summed E-state index contributed by atoms with van der Waals surface area (Å²) in [4.78, 5) is 9.24. The van der Waals surface area contributed by atoms with Gasteiger partial charge in [-0.15, -0.1) is 6.58 Å². The first kappa shape index (κ1) is 15.7. The zero-order chi connectivity index (χ0) is 17.2. The molecule has 25 heavy (non-hydrogen) atoms. The van der Waals surface area contributed by atoms with Gasteiger partial charge in [0.1, 0.15) is 5.84 Å². The maximum Gasteiger partial charge on any atom is 0.184 e. The maximum absolute atomic E-state index is 8.26. The molecule has 0 aliphatic carbocycles. The van der Waals surface area contributed by atoms with Crippen LogP contribution in [0.25, 0.3) is 21.8 Å². The van der Waals surface area contributed by atoms with Crippen molar-refractivity contribution >= 4 is 50.3 Å². The summed E-state index contributed by atoms with van der Waals surface area (Å²) >= 11 is 1.55. The average molecular weight is 347 g/mol. The van der Waals surface area contributed by atoms with Crippen LogP contribution in [-0.2, 0) is 0 Å². The lowest BCUT2D eigenvalue weighted by Crippen LogP contribution is -2.35. The van der Waals surface area contributed by atoms with Gasteiger partial charge in [-0.05, 0) is 12.1 Å². The summed E-state index contributed by atoms with van der Waals surface area (Å²) < 4.78 is 0. The summed E-state index contributed by atoms with van der Waals surface area (Å²) in [7, 11) is 0. The molecule has 1 saturated heterocycles. The third-order valence-corrected chi connectivity index (χ3v) is 4.95. The topological polar surface area (TPSA) is 64.4 Å². The zero-order valence-corrected chi connectivity index (χ0v) is 14.4. The van der Waals surface area contributed by atoms with Crippen molar-refractivity contribution < 1.29 is 0 Å². The van der Waals surface area contributed by atoms with Crippen molar-refractivity contribution in [3.63, 3.8) is 0 Å². The van der Waals surface area contributed by atoms with Crippen LogP contribution in [-0.4, -0.2) is 33.3 Å². The molecule has 1 aromatic heterocycles. The third kappa shape index (κ3) is 2.85. The van der Waals surface area contributed by atoms with Gasteiger partial charge in [0.05, 0.1) is 29.0 Å². The number of fused-ring (bicyclic) bond motifs is 2. The molecular formula is C19H17N5S. The smallest absolute Gasteiger partial charge is 0.184 e. The number of para-hydroxylation sites is 2. The Morgan fingerprint density at radius 3 is 2.44 bits per heavy atom. The number of amidine groups is 2. The summed E-state index contributed by atoms with van der Waals surface area (Å²) in [6.45, 7) is 4.25. The predicted molar refractivity (Wildman–Crippen MR) is 107 cm³/mol. The number of benzene rings is 2. The van der Waals surface area contributed by atoms with E-state index in [9.17, 15) is 0 Å². The van der Waals surface area contributed by atoms with Gasteiger partial charge < -0.3 is 0 Å². The van der Waals surface area contributed by atoms with Crippen LogP contribution in [0, 0.1) is 5.41 Å².